The van der Waals surface area contributed by atoms with Crippen LogP contribution < -0.4 is 0 Å². The van der Waals surface area contributed by atoms with E-state index in [0.29, 0.717) is 21.2 Å². The van der Waals surface area contributed by atoms with Gasteiger partial charge in [-0.1, -0.05) is 71.7 Å². The number of nitrogens with zero attached hydrogens (tertiary/aromatic N) is 6. The maximum atomic E-state index is 15.2. The molecule has 0 aliphatic carbocycles. The first-order valence-corrected chi connectivity index (χ1v) is 17.9. The summed E-state index contributed by atoms with van der Waals surface area (Å²) in [5.74, 6) is -3.13. The fourth-order valence-electron chi connectivity index (χ4n) is 6.34. The molecule has 0 spiro atoms. The number of epoxide rings is 2. The van der Waals surface area contributed by atoms with E-state index in [2.05, 4.69) is 20.2 Å². The Morgan fingerprint density at radius 1 is 0.673 bits per heavy atom. The van der Waals surface area contributed by atoms with E-state index in [1.165, 1.54) is 34.2 Å². The van der Waals surface area contributed by atoms with Crippen molar-refractivity contribution in [2.75, 3.05) is 0 Å². The van der Waals surface area contributed by atoms with Crippen molar-refractivity contribution in [3.63, 3.8) is 0 Å². The van der Waals surface area contributed by atoms with Gasteiger partial charge in [-0.15, -0.1) is 0 Å². The Balaban J connectivity index is 1.03. The van der Waals surface area contributed by atoms with Gasteiger partial charge in [-0.3, -0.25) is 4.79 Å². The first kappa shape index (κ1) is 34.8. The van der Waals surface area contributed by atoms with Crippen molar-refractivity contribution in [2.45, 2.75) is 46.8 Å². The van der Waals surface area contributed by atoms with Gasteiger partial charge in [0.2, 0.25) is 0 Å². The van der Waals surface area contributed by atoms with E-state index in [0.717, 1.165) is 47.8 Å². The highest BCUT2D eigenvalue weighted by atomic mass is 35.5. The Labute approximate surface area is 311 Å². The summed E-state index contributed by atoms with van der Waals surface area (Å²) >= 11 is 14.4. The van der Waals surface area contributed by atoms with Crippen LogP contribution in [-0.2, 0) is 33.8 Å². The molecule has 0 radical (unpaired) electrons. The average molecular weight is 786 g/mol. The zero-order chi connectivity index (χ0) is 36.2. The van der Waals surface area contributed by atoms with Gasteiger partial charge in [-0.25, -0.2) is 36.9 Å². The Morgan fingerprint density at radius 2 is 1.10 bits per heavy atom. The van der Waals surface area contributed by atoms with Crippen LogP contribution in [0.5, 0.6) is 0 Å². The van der Waals surface area contributed by atoms with Crippen LogP contribution in [0.25, 0.3) is 0 Å². The van der Waals surface area contributed by atoms with Gasteiger partial charge in [0.25, 0.3) is 4.45 Å². The van der Waals surface area contributed by atoms with Gasteiger partial charge in [-0.2, -0.15) is 10.2 Å². The number of halogens is 6. The maximum Gasteiger partial charge on any atom is 0.261 e. The molecule has 2 aromatic heterocycles. The van der Waals surface area contributed by atoms with Gasteiger partial charge in [0.05, 0.1) is 13.1 Å². The smallest absolute Gasteiger partial charge is 0.261 e. The van der Waals surface area contributed by atoms with Gasteiger partial charge in [-0.05, 0) is 24.3 Å². The van der Waals surface area contributed by atoms with Gasteiger partial charge in [0.1, 0.15) is 59.3 Å². The van der Waals surface area contributed by atoms with Crippen LogP contribution in [0.4, 0.5) is 22.4 Å². The summed E-state index contributed by atoms with van der Waals surface area (Å²) in [6.45, 7) is -0.178. The van der Waals surface area contributed by atoms with Crippen molar-refractivity contribution in [1.29, 1.82) is 0 Å². The molecule has 264 valence electrons. The van der Waals surface area contributed by atoms with E-state index in [1.807, 2.05) is 0 Å². The zero-order valence-corrected chi connectivity index (χ0v) is 29.4. The van der Waals surface area contributed by atoms with Crippen LogP contribution in [0, 0.1) is 23.3 Å². The van der Waals surface area contributed by atoms with Crippen LogP contribution in [0.2, 0.25) is 10.0 Å². The van der Waals surface area contributed by atoms with E-state index < -0.39 is 51.1 Å². The largest absolute Gasteiger partial charge is 0.354 e. The molecule has 2 fully saturated rings. The lowest BCUT2D eigenvalue weighted by molar-refractivity contribution is 0.250. The van der Waals surface area contributed by atoms with E-state index in [4.69, 9.17) is 32.7 Å². The van der Waals surface area contributed by atoms with Gasteiger partial charge in [0.15, 0.2) is 10.3 Å². The lowest BCUT2D eigenvalue weighted by Crippen LogP contribution is -2.22. The lowest BCUT2D eigenvalue weighted by atomic mass is 9.91. The predicted molar refractivity (Wildman–Crippen MR) is 184 cm³/mol. The SMILES string of the molecule is O=C(Sc1ncnn1CC1(c2ccc(F)cc2F)OC1c1ccccc1Cl)Sc1ncnn1CC1(c2ccc(F)cc2F)OC1c1ccccc1Cl. The quantitative estimate of drug-likeness (QED) is 0.0765. The molecule has 9 nitrogen and oxygen atoms in total. The molecule has 17 heteroatoms. The molecular weight excluding hydrogens is 763 g/mol. The Morgan fingerprint density at radius 3 is 1.50 bits per heavy atom. The first-order valence-electron chi connectivity index (χ1n) is 15.5. The highest BCUT2D eigenvalue weighted by Crippen LogP contribution is 2.61. The Bertz CT molecular complexity index is 2190. The third-order valence-corrected chi connectivity index (χ3v) is 11.3. The van der Waals surface area contributed by atoms with Crippen molar-refractivity contribution in [1.82, 2.24) is 29.5 Å². The minimum Gasteiger partial charge on any atom is -0.354 e. The standard InChI is InChI=1S/C35H22Cl2F4N6O3S2/c36-25-7-3-1-5-21(25)29-34(49-29,23-11-9-19(38)13-27(23)40)15-46-31(42-17-44-46)51-33(48)52-32-43-18-45-47(32)16-35(24-12-10-20(39)14-28(24)41)30(50-35)22-6-2-4-8-26(22)37/h1-14,17-18,29-30H,15-16H2. The second-order valence-electron chi connectivity index (χ2n) is 11.9. The van der Waals surface area contributed by atoms with Gasteiger partial charge < -0.3 is 9.47 Å². The monoisotopic (exact) mass is 784 g/mol. The number of rotatable bonds is 10. The number of ether oxygens (including phenoxy) is 2. The molecule has 8 rings (SSSR count). The van der Waals surface area contributed by atoms with Crippen LogP contribution >= 0.6 is 46.7 Å². The van der Waals surface area contributed by atoms with Crippen LogP contribution in [0.15, 0.2) is 108 Å². The molecule has 2 aliphatic rings. The second-order valence-corrected chi connectivity index (χ2v) is 14.9. The van der Waals surface area contributed by atoms with Gasteiger partial charge >= 0.3 is 0 Å². The summed E-state index contributed by atoms with van der Waals surface area (Å²) < 4.78 is 72.9. The molecule has 2 aliphatic heterocycles. The molecule has 0 amide bonds. The fourth-order valence-corrected chi connectivity index (χ4v) is 8.36. The predicted octanol–water partition coefficient (Wildman–Crippen LogP) is 9.07. The van der Waals surface area contributed by atoms with Crippen molar-refractivity contribution >= 4 is 51.2 Å². The lowest BCUT2D eigenvalue weighted by Gasteiger charge is -2.17. The third-order valence-electron chi connectivity index (χ3n) is 8.82. The summed E-state index contributed by atoms with van der Waals surface area (Å²) in [6, 6.07) is 20.3. The normalized spacial score (nSPS) is 22.0. The molecular formula is C35H22Cl2F4N6O3S2. The summed E-state index contributed by atoms with van der Waals surface area (Å²) in [5.41, 5.74) is -1.31. The Kier molecular flexibility index (Phi) is 9.12. The summed E-state index contributed by atoms with van der Waals surface area (Å²) in [7, 11) is 0. The molecule has 6 aromatic rings. The van der Waals surface area contributed by atoms with E-state index in [-0.39, 0.29) is 34.5 Å². The number of carbonyl (C=O) groups excluding carboxylic acids is 1. The highest BCUT2D eigenvalue weighted by Gasteiger charge is 2.62. The average Bonchev–Trinajstić information content (AvgIpc) is 3.88. The number of hydrogen-bond donors (Lipinski definition) is 0. The minimum absolute atomic E-state index is 0.0861. The number of aromatic nitrogens is 6. The van der Waals surface area contributed by atoms with E-state index in [9.17, 15) is 13.6 Å². The molecule has 4 heterocycles. The molecule has 4 aromatic carbocycles. The first-order chi connectivity index (χ1) is 25.1. The van der Waals surface area contributed by atoms with Gasteiger partial charge in [0, 0.05) is 68.0 Å². The number of thioether (sulfide) groups is 2. The fraction of sp³-hybridized carbons (Fsp3) is 0.171. The number of benzene rings is 4. The molecule has 0 saturated carbocycles. The summed E-state index contributed by atoms with van der Waals surface area (Å²) in [6.07, 6.45) is 1.07. The number of carbonyl (C=O) groups is 1. The van der Waals surface area contributed by atoms with E-state index in [1.54, 1.807) is 48.5 Å². The Hall–Kier alpha value is -4.25. The van der Waals surface area contributed by atoms with E-state index >= 15 is 8.78 Å². The maximum absolute atomic E-state index is 15.2. The number of hydrogen-bond acceptors (Lipinski definition) is 9. The summed E-state index contributed by atoms with van der Waals surface area (Å²) in [5, 5.41) is 9.67. The second kappa shape index (κ2) is 13.6. The molecule has 0 N–H and O–H groups in total. The molecule has 0 bridgehead atoms. The highest BCUT2D eigenvalue weighted by molar-refractivity contribution is 8.38. The molecule has 4 unspecified atom stereocenters. The topological polar surface area (TPSA) is 104 Å². The minimum atomic E-state index is -1.34. The third kappa shape index (κ3) is 6.39. The van der Waals surface area contributed by atoms with Crippen LogP contribution in [0.1, 0.15) is 34.5 Å². The van der Waals surface area contributed by atoms with Crippen molar-refractivity contribution in [3.05, 3.63) is 153 Å². The van der Waals surface area contributed by atoms with Crippen molar-refractivity contribution in [2.24, 2.45) is 0 Å². The van der Waals surface area contributed by atoms with Crippen LogP contribution in [0.3, 0.4) is 0 Å². The zero-order valence-electron chi connectivity index (χ0n) is 26.3. The summed E-state index contributed by atoms with van der Waals surface area (Å²) in [4.78, 5) is 22.0. The molecule has 52 heavy (non-hydrogen) atoms. The molecule has 4 atom stereocenters. The van der Waals surface area contributed by atoms with Crippen LogP contribution in [-0.4, -0.2) is 34.0 Å². The van der Waals surface area contributed by atoms with Crippen molar-refractivity contribution in [3.8, 4) is 0 Å². The van der Waals surface area contributed by atoms with Crippen molar-refractivity contribution < 1.29 is 31.8 Å². The molecule has 2 saturated heterocycles.